The molecule has 136 valence electrons. The van der Waals surface area contributed by atoms with Gasteiger partial charge in [-0.3, -0.25) is 4.79 Å². The molecule has 8 nitrogen and oxygen atoms in total. The van der Waals surface area contributed by atoms with Gasteiger partial charge >= 0.3 is 0 Å². The molecular weight excluding hydrogens is 332 g/mol. The zero-order valence-corrected chi connectivity index (χ0v) is 14.5. The van der Waals surface area contributed by atoms with Crippen LogP contribution in [0, 0.1) is 0 Å². The van der Waals surface area contributed by atoms with E-state index in [1.807, 2.05) is 4.90 Å². The summed E-state index contributed by atoms with van der Waals surface area (Å²) >= 11 is 0. The van der Waals surface area contributed by atoms with Crippen molar-refractivity contribution < 1.29 is 9.53 Å². The van der Waals surface area contributed by atoms with Crippen LogP contribution in [0.5, 0.6) is 0 Å². The lowest BCUT2D eigenvalue weighted by atomic mass is 9.82. The first-order chi connectivity index (χ1) is 12.7. The van der Waals surface area contributed by atoms with Crippen molar-refractivity contribution in [2.45, 2.75) is 37.3 Å². The lowest BCUT2D eigenvalue weighted by Gasteiger charge is -2.46. The van der Waals surface area contributed by atoms with Crippen LogP contribution in [0.2, 0.25) is 0 Å². The molecule has 0 bridgehead atoms. The fraction of sp³-hybridized carbons (Fsp3) is 0.500. The van der Waals surface area contributed by atoms with E-state index in [9.17, 15) is 4.79 Å². The van der Waals surface area contributed by atoms with Crippen LogP contribution in [0.4, 0.5) is 5.95 Å². The quantitative estimate of drug-likeness (QED) is 0.893. The number of nitrogens with one attached hydrogen (secondary N) is 1. The van der Waals surface area contributed by atoms with Gasteiger partial charge in [-0.2, -0.15) is 0 Å². The van der Waals surface area contributed by atoms with Gasteiger partial charge in [0, 0.05) is 44.3 Å². The van der Waals surface area contributed by atoms with E-state index in [2.05, 4.69) is 25.3 Å². The molecule has 8 heteroatoms. The van der Waals surface area contributed by atoms with E-state index in [0.717, 1.165) is 25.7 Å². The van der Waals surface area contributed by atoms with Crippen molar-refractivity contribution in [1.29, 1.82) is 0 Å². The Labute approximate surface area is 152 Å². The molecule has 26 heavy (non-hydrogen) atoms. The fourth-order valence-electron chi connectivity index (χ4n) is 3.75. The number of nitrogens with zero attached hydrogens (tertiary/aromatic N) is 5. The molecule has 0 aromatic carbocycles. The minimum Gasteiger partial charge on any atom is -0.375 e. The number of anilines is 1. The first-order valence-corrected chi connectivity index (χ1v) is 8.97. The second kappa shape index (κ2) is 7.33. The predicted octanol–water partition coefficient (Wildman–Crippen LogP) is 1.53. The zero-order chi connectivity index (χ0) is 17.8. The first kappa shape index (κ1) is 16.8. The second-order valence-electron chi connectivity index (χ2n) is 6.82. The highest BCUT2D eigenvalue weighted by Gasteiger charge is 2.41. The van der Waals surface area contributed by atoms with Crippen LogP contribution in [0.25, 0.3) is 0 Å². The van der Waals surface area contributed by atoms with Crippen LogP contribution in [0.3, 0.4) is 0 Å². The number of aromatic nitrogens is 4. The maximum absolute atomic E-state index is 12.5. The van der Waals surface area contributed by atoms with E-state index in [1.54, 1.807) is 30.7 Å². The Hall–Kier alpha value is -2.61. The molecular formula is C18H22N6O2. The smallest absolute Gasteiger partial charge is 0.272 e. The summed E-state index contributed by atoms with van der Waals surface area (Å²) in [6.45, 7) is 2.07. The number of amides is 1. The number of hydrogen-bond acceptors (Lipinski definition) is 7. The van der Waals surface area contributed by atoms with Gasteiger partial charge in [-0.1, -0.05) is 0 Å². The van der Waals surface area contributed by atoms with Crippen molar-refractivity contribution in [1.82, 2.24) is 24.8 Å². The van der Waals surface area contributed by atoms with Gasteiger partial charge in [0.15, 0.2) is 0 Å². The number of piperidine rings is 1. The van der Waals surface area contributed by atoms with Gasteiger partial charge in [-0.15, -0.1) is 0 Å². The number of hydrogen-bond donors (Lipinski definition) is 1. The van der Waals surface area contributed by atoms with E-state index in [-0.39, 0.29) is 17.6 Å². The molecule has 0 saturated carbocycles. The number of ether oxygens (including phenoxy) is 1. The molecule has 1 N–H and O–H groups in total. The van der Waals surface area contributed by atoms with Crippen LogP contribution < -0.4 is 5.32 Å². The van der Waals surface area contributed by atoms with Gasteiger partial charge in [0.25, 0.3) is 5.91 Å². The molecule has 2 aromatic rings. The third kappa shape index (κ3) is 3.65. The van der Waals surface area contributed by atoms with Crippen molar-refractivity contribution in [3.8, 4) is 0 Å². The van der Waals surface area contributed by atoms with Gasteiger partial charge in [-0.05, 0) is 37.8 Å². The van der Waals surface area contributed by atoms with E-state index >= 15 is 0 Å². The van der Waals surface area contributed by atoms with Crippen molar-refractivity contribution in [2.75, 3.05) is 25.0 Å². The van der Waals surface area contributed by atoms with Gasteiger partial charge in [0.2, 0.25) is 5.95 Å². The molecule has 4 heterocycles. The van der Waals surface area contributed by atoms with Crippen molar-refractivity contribution in [2.24, 2.45) is 0 Å². The Morgan fingerprint density at radius 3 is 2.73 bits per heavy atom. The van der Waals surface area contributed by atoms with Crippen LogP contribution >= 0.6 is 0 Å². The summed E-state index contributed by atoms with van der Waals surface area (Å²) in [5.74, 6) is 0.622. The molecule has 2 aromatic heterocycles. The lowest BCUT2D eigenvalue weighted by Crippen LogP contribution is -2.52. The summed E-state index contributed by atoms with van der Waals surface area (Å²) in [5, 5.41) is 3.41. The Morgan fingerprint density at radius 2 is 2.00 bits per heavy atom. The van der Waals surface area contributed by atoms with Crippen molar-refractivity contribution >= 4 is 11.9 Å². The normalized spacial score (nSPS) is 22.2. The maximum atomic E-state index is 12.5. The molecule has 4 rings (SSSR count). The van der Waals surface area contributed by atoms with Crippen LogP contribution in [-0.4, -0.2) is 62.1 Å². The number of carbonyl (C=O) groups excluding carboxylic acids is 1. The third-order valence-electron chi connectivity index (χ3n) is 5.15. The van der Waals surface area contributed by atoms with Crippen LogP contribution in [0.1, 0.15) is 36.2 Å². The highest BCUT2D eigenvalue weighted by Crippen LogP contribution is 2.36. The predicted molar refractivity (Wildman–Crippen MR) is 94.5 cm³/mol. The maximum Gasteiger partial charge on any atom is 0.272 e. The first-order valence-electron chi connectivity index (χ1n) is 8.97. The standard InChI is InChI=1S/C18H22N6O2/c25-16(15-2-8-19-13-22-15)24-9-4-18(5-10-24)12-14(3-11-26-18)23-17-20-6-1-7-21-17/h1-2,6-8,13-14H,3-5,9-12H2,(H,20,21,23)/t14-/m1/s1. The van der Waals surface area contributed by atoms with Gasteiger partial charge in [0.05, 0.1) is 5.60 Å². The van der Waals surface area contributed by atoms with Gasteiger partial charge in [0.1, 0.15) is 12.0 Å². The fourth-order valence-corrected chi connectivity index (χ4v) is 3.75. The topological polar surface area (TPSA) is 93.1 Å². The molecule has 2 aliphatic heterocycles. The molecule has 0 unspecified atom stereocenters. The molecule has 1 atom stereocenters. The monoisotopic (exact) mass is 354 g/mol. The molecule has 2 fully saturated rings. The molecule has 2 saturated heterocycles. The Bertz CT molecular complexity index is 734. The highest BCUT2D eigenvalue weighted by molar-refractivity contribution is 5.92. The number of likely N-dealkylation sites (tertiary alicyclic amines) is 1. The largest absolute Gasteiger partial charge is 0.375 e. The average Bonchev–Trinajstić information content (AvgIpc) is 2.70. The van der Waals surface area contributed by atoms with Crippen molar-refractivity contribution in [3.63, 3.8) is 0 Å². The van der Waals surface area contributed by atoms with Crippen molar-refractivity contribution in [3.05, 3.63) is 42.7 Å². The molecule has 0 aliphatic carbocycles. The van der Waals surface area contributed by atoms with Gasteiger partial charge < -0.3 is 15.0 Å². The Kier molecular flexibility index (Phi) is 4.75. The van der Waals surface area contributed by atoms with Gasteiger partial charge in [-0.25, -0.2) is 19.9 Å². The summed E-state index contributed by atoms with van der Waals surface area (Å²) in [7, 11) is 0. The van der Waals surface area contributed by atoms with E-state index < -0.39 is 0 Å². The summed E-state index contributed by atoms with van der Waals surface area (Å²) in [6.07, 6.45) is 9.98. The van der Waals surface area contributed by atoms with E-state index in [1.165, 1.54) is 6.33 Å². The minimum atomic E-state index is -0.173. The summed E-state index contributed by atoms with van der Waals surface area (Å²) in [4.78, 5) is 30.8. The average molecular weight is 354 g/mol. The van der Waals surface area contributed by atoms with Crippen LogP contribution in [-0.2, 0) is 4.74 Å². The third-order valence-corrected chi connectivity index (χ3v) is 5.15. The molecule has 2 aliphatic rings. The van der Waals surface area contributed by atoms with Crippen LogP contribution in [0.15, 0.2) is 37.1 Å². The van der Waals surface area contributed by atoms with E-state index in [4.69, 9.17) is 4.74 Å². The Balaban J connectivity index is 1.36. The van der Waals surface area contributed by atoms with E-state index in [0.29, 0.717) is 31.3 Å². The molecule has 0 radical (unpaired) electrons. The minimum absolute atomic E-state index is 0.0366. The number of carbonyl (C=O) groups is 1. The second-order valence-corrected chi connectivity index (χ2v) is 6.82. The summed E-state index contributed by atoms with van der Waals surface area (Å²) in [5.41, 5.74) is 0.272. The zero-order valence-electron chi connectivity index (χ0n) is 14.5. The highest BCUT2D eigenvalue weighted by atomic mass is 16.5. The summed E-state index contributed by atoms with van der Waals surface area (Å²) in [6, 6.07) is 3.75. The SMILES string of the molecule is O=C(c1ccncn1)N1CCC2(CC1)C[C@H](Nc1ncccn1)CCO2. The number of rotatable bonds is 3. The molecule has 1 spiro atoms. The Morgan fingerprint density at radius 1 is 1.19 bits per heavy atom. The summed E-state index contributed by atoms with van der Waals surface area (Å²) < 4.78 is 6.16. The molecule has 1 amide bonds. The lowest BCUT2D eigenvalue weighted by molar-refractivity contribution is -0.110.